The monoisotopic (exact) mass is 1210 g/mol. The van der Waals surface area contributed by atoms with E-state index in [9.17, 15) is 0 Å². The number of benzene rings is 6. The molecule has 5 nitrogen and oxygen atoms in total. The van der Waals surface area contributed by atoms with Crippen LogP contribution < -0.4 is 4.90 Å². The van der Waals surface area contributed by atoms with E-state index >= 15 is 0 Å². The van der Waals surface area contributed by atoms with Gasteiger partial charge in [0.15, 0.2) is 0 Å². The first-order chi connectivity index (χ1) is 31.7. The Kier molecular flexibility index (Phi) is 14.8. The zero-order valence-electron chi connectivity index (χ0n) is 35.9. The molecule has 4 aromatic heterocycles. The number of nitrogens with zero attached hydrogens (tertiary/aromatic N) is 5. The molecule has 0 bridgehead atoms. The molecule has 323 valence electrons. The maximum atomic E-state index is 5.16. The SMILES string of the molecule is Cc1cc(-c2[c-]cccc2)ncc1-c1ccccc1.[Ir].[Pt+2].[c-]1ccccc1-c1ccc2c(n1)N1c3nc(-c4[c-]cccc4)ccc3Cc3cccc(c31)C2.[c-]1ccccc1-c1ccccn1. The summed E-state index contributed by atoms with van der Waals surface area (Å²) in [5, 5.41) is 0. The van der Waals surface area contributed by atoms with Gasteiger partial charge in [0, 0.05) is 50.9 Å². The Hall–Kier alpha value is -6.94. The van der Waals surface area contributed by atoms with E-state index in [1.54, 1.807) is 6.20 Å². The van der Waals surface area contributed by atoms with Gasteiger partial charge in [-0.15, -0.1) is 144 Å². The van der Waals surface area contributed by atoms with Crippen molar-refractivity contribution in [1.82, 2.24) is 19.9 Å². The van der Waals surface area contributed by atoms with E-state index < -0.39 is 0 Å². The average Bonchev–Trinajstić information content (AvgIpc) is 3.38. The topological polar surface area (TPSA) is 54.8 Å². The van der Waals surface area contributed by atoms with Crippen LogP contribution in [0.25, 0.3) is 56.2 Å². The second kappa shape index (κ2) is 21.4. The van der Waals surface area contributed by atoms with Crippen LogP contribution in [0.3, 0.4) is 0 Å². The average molecular weight is 1210 g/mol. The first-order valence-corrected chi connectivity index (χ1v) is 21.4. The van der Waals surface area contributed by atoms with Crippen molar-refractivity contribution < 1.29 is 41.2 Å². The van der Waals surface area contributed by atoms with Crippen molar-refractivity contribution in [1.29, 1.82) is 0 Å². The van der Waals surface area contributed by atoms with Crippen LogP contribution in [0.4, 0.5) is 17.3 Å². The Bertz CT molecular complexity index is 3010. The molecule has 0 fully saturated rings. The van der Waals surface area contributed by atoms with E-state index in [0.29, 0.717) is 0 Å². The molecule has 0 unspecified atom stereocenters. The molecule has 0 atom stereocenters. The minimum Gasteiger partial charge on any atom is -0.305 e. The summed E-state index contributed by atoms with van der Waals surface area (Å²) in [6.45, 7) is 2.12. The Labute approximate surface area is 415 Å². The molecule has 0 saturated heterocycles. The maximum absolute atomic E-state index is 5.16. The van der Waals surface area contributed by atoms with Crippen LogP contribution in [-0.4, -0.2) is 19.9 Å². The summed E-state index contributed by atoms with van der Waals surface area (Å²) in [6.07, 6.45) is 5.49. The molecule has 10 aromatic rings. The summed E-state index contributed by atoms with van der Waals surface area (Å²) in [6, 6.07) is 78.3. The fourth-order valence-electron chi connectivity index (χ4n) is 8.21. The van der Waals surface area contributed by atoms with Gasteiger partial charge in [0.1, 0.15) is 11.6 Å². The van der Waals surface area contributed by atoms with Crippen LogP contribution in [0.1, 0.15) is 27.8 Å². The number of rotatable bonds is 5. The standard InChI is InChI=1S/C30H19N3.C18H14N.C11H8N.Ir.Pt/c1-3-8-20(9-4-1)26-16-14-24-18-22-12-7-13-23-19-25-15-17-27(21-10-5-2-6-11-21)32-30(25)33(28(22)23)29(24)31-26;1-14-12-18(16-10-6-3-7-11-16)19-13-17(14)15-8-4-2-5-9-15;1-2-6-10(7-3-1)11-8-4-5-9-12-11;;/h1-8,10,12-17H,18-19H2;2-10,12-13H,1H3;1-6,8-9H;;/q-2;2*-1;;+2. The molecule has 12 rings (SSSR count). The number of aromatic nitrogens is 4. The first-order valence-electron chi connectivity index (χ1n) is 21.4. The number of pyridine rings is 4. The van der Waals surface area contributed by atoms with Crippen molar-refractivity contribution in [2.75, 3.05) is 4.90 Å². The predicted molar refractivity (Wildman–Crippen MR) is 258 cm³/mol. The quantitative estimate of drug-likeness (QED) is 0.161. The normalized spacial score (nSPS) is 11.3. The first kappa shape index (κ1) is 45.6. The molecular formula is C59H41IrN5Pt-2. The minimum atomic E-state index is 0. The van der Waals surface area contributed by atoms with Gasteiger partial charge in [0.05, 0.1) is 5.69 Å². The molecule has 7 heteroatoms. The summed E-state index contributed by atoms with van der Waals surface area (Å²) in [5.74, 6) is 1.93. The van der Waals surface area contributed by atoms with Gasteiger partial charge in [-0.05, 0) is 69.1 Å². The summed E-state index contributed by atoms with van der Waals surface area (Å²) in [7, 11) is 0. The molecule has 66 heavy (non-hydrogen) atoms. The van der Waals surface area contributed by atoms with Crippen LogP contribution in [0.5, 0.6) is 0 Å². The number of aryl methyl sites for hydroxylation is 1. The number of para-hydroxylation sites is 1. The molecule has 0 aliphatic carbocycles. The third-order valence-electron chi connectivity index (χ3n) is 11.3. The van der Waals surface area contributed by atoms with Gasteiger partial charge in [0.2, 0.25) is 0 Å². The second-order valence-electron chi connectivity index (χ2n) is 15.5. The zero-order chi connectivity index (χ0) is 43.1. The number of fused-ring (bicyclic) bond motifs is 4. The maximum Gasteiger partial charge on any atom is 2.00 e. The van der Waals surface area contributed by atoms with Crippen LogP contribution in [0.15, 0.2) is 207 Å². The Morgan fingerprint density at radius 1 is 0.439 bits per heavy atom. The number of hydrogen-bond donors (Lipinski definition) is 0. The molecule has 2 aliphatic heterocycles. The fourth-order valence-corrected chi connectivity index (χ4v) is 8.21. The van der Waals surface area contributed by atoms with Crippen molar-refractivity contribution >= 4 is 17.3 Å². The van der Waals surface area contributed by atoms with E-state index in [0.717, 1.165) is 69.5 Å². The number of hydrogen-bond acceptors (Lipinski definition) is 5. The summed E-state index contributed by atoms with van der Waals surface area (Å²) >= 11 is 0. The summed E-state index contributed by atoms with van der Waals surface area (Å²) < 4.78 is 0. The van der Waals surface area contributed by atoms with E-state index in [-0.39, 0.29) is 41.2 Å². The van der Waals surface area contributed by atoms with Gasteiger partial charge >= 0.3 is 21.1 Å². The summed E-state index contributed by atoms with van der Waals surface area (Å²) in [5.41, 5.74) is 17.8. The van der Waals surface area contributed by atoms with Gasteiger partial charge in [-0.1, -0.05) is 91.0 Å². The van der Waals surface area contributed by atoms with E-state index in [4.69, 9.17) is 9.97 Å². The largest absolute Gasteiger partial charge is 2.00 e. The molecule has 6 heterocycles. The molecule has 6 aromatic carbocycles. The predicted octanol–water partition coefficient (Wildman–Crippen LogP) is 13.8. The Morgan fingerprint density at radius 2 is 0.924 bits per heavy atom. The second-order valence-corrected chi connectivity index (χ2v) is 15.5. The van der Waals surface area contributed by atoms with E-state index in [2.05, 4.69) is 119 Å². The van der Waals surface area contributed by atoms with Gasteiger partial charge in [-0.3, -0.25) is 14.9 Å². The van der Waals surface area contributed by atoms with Gasteiger partial charge in [-0.2, -0.15) is 0 Å². The Morgan fingerprint density at radius 3 is 1.39 bits per heavy atom. The molecule has 0 amide bonds. The van der Waals surface area contributed by atoms with E-state index in [1.165, 1.54) is 44.6 Å². The van der Waals surface area contributed by atoms with Crippen LogP contribution in [0, 0.1) is 31.2 Å². The van der Waals surface area contributed by atoms with Crippen molar-refractivity contribution in [2.24, 2.45) is 0 Å². The van der Waals surface area contributed by atoms with Crippen molar-refractivity contribution in [3.05, 3.63) is 259 Å². The minimum absolute atomic E-state index is 0. The molecule has 0 spiro atoms. The molecular weight excluding hydrogens is 1170 g/mol. The Balaban J connectivity index is 0.000000152. The van der Waals surface area contributed by atoms with Crippen molar-refractivity contribution in [3.63, 3.8) is 0 Å². The van der Waals surface area contributed by atoms with Crippen LogP contribution in [0.2, 0.25) is 0 Å². The van der Waals surface area contributed by atoms with Gasteiger partial charge in [-0.25, -0.2) is 0 Å². The third kappa shape index (κ3) is 9.98. The van der Waals surface area contributed by atoms with Gasteiger partial charge in [0.25, 0.3) is 0 Å². The molecule has 0 N–H and O–H groups in total. The van der Waals surface area contributed by atoms with Gasteiger partial charge < -0.3 is 9.97 Å². The molecule has 1 radical (unpaired) electrons. The third-order valence-corrected chi connectivity index (χ3v) is 11.3. The fraction of sp³-hybridized carbons (Fsp3) is 0.0508. The van der Waals surface area contributed by atoms with Crippen molar-refractivity contribution in [2.45, 2.75) is 19.8 Å². The number of anilines is 3. The summed E-state index contributed by atoms with van der Waals surface area (Å²) in [4.78, 5) is 21.4. The molecule has 2 aliphatic rings. The van der Waals surface area contributed by atoms with Crippen LogP contribution in [-0.2, 0) is 54.0 Å². The smallest absolute Gasteiger partial charge is 0.305 e. The molecule has 0 saturated carbocycles. The van der Waals surface area contributed by atoms with Crippen molar-refractivity contribution in [3.8, 4) is 56.2 Å². The van der Waals surface area contributed by atoms with E-state index in [1.807, 2.05) is 128 Å². The zero-order valence-corrected chi connectivity index (χ0v) is 40.6. The van der Waals surface area contributed by atoms with Crippen LogP contribution >= 0.6 is 0 Å².